The third kappa shape index (κ3) is 4.98. The van der Waals surface area contributed by atoms with Gasteiger partial charge < -0.3 is 10.5 Å². The van der Waals surface area contributed by atoms with Gasteiger partial charge in [-0.25, -0.2) is 8.42 Å². The summed E-state index contributed by atoms with van der Waals surface area (Å²) < 4.78 is 29.7. The Morgan fingerprint density at radius 1 is 1.32 bits per heavy atom. The SMILES string of the molecule is COC(=O)CS(=O)(=O)N(CCN)Cc1ccccc1. The van der Waals surface area contributed by atoms with Crippen LogP contribution in [-0.4, -0.2) is 44.6 Å². The molecule has 0 aliphatic heterocycles. The quantitative estimate of drug-likeness (QED) is 0.710. The normalized spacial score (nSPS) is 11.5. The van der Waals surface area contributed by atoms with Crippen LogP contribution in [0.5, 0.6) is 0 Å². The molecule has 0 heterocycles. The number of carbonyl (C=O) groups excluding carboxylic acids is 1. The summed E-state index contributed by atoms with van der Waals surface area (Å²) in [7, 11) is -2.56. The minimum Gasteiger partial charge on any atom is -0.468 e. The van der Waals surface area contributed by atoms with E-state index in [1.54, 1.807) is 0 Å². The van der Waals surface area contributed by atoms with Crippen LogP contribution in [0.3, 0.4) is 0 Å². The van der Waals surface area contributed by atoms with Crippen molar-refractivity contribution in [1.82, 2.24) is 4.31 Å². The summed E-state index contributed by atoms with van der Waals surface area (Å²) in [5.74, 6) is -1.45. The van der Waals surface area contributed by atoms with E-state index < -0.39 is 21.7 Å². The second-order valence-electron chi connectivity index (χ2n) is 3.94. The maximum Gasteiger partial charge on any atom is 0.322 e. The summed E-state index contributed by atoms with van der Waals surface area (Å²) in [5, 5.41) is 0. The molecule has 19 heavy (non-hydrogen) atoms. The molecule has 6 nitrogen and oxygen atoms in total. The third-order valence-electron chi connectivity index (χ3n) is 2.50. The second-order valence-corrected chi connectivity index (χ2v) is 5.91. The van der Waals surface area contributed by atoms with Crippen molar-refractivity contribution in [3.05, 3.63) is 35.9 Å². The summed E-state index contributed by atoms with van der Waals surface area (Å²) in [5.41, 5.74) is 6.26. The predicted octanol–water partition coefficient (Wildman–Crippen LogP) is -0.0499. The number of nitrogens with two attached hydrogens (primary N) is 1. The Balaban J connectivity index is 2.85. The lowest BCUT2D eigenvalue weighted by Gasteiger charge is -2.20. The lowest BCUT2D eigenvalue weighted by Crippen LogP contribution is -2.38. The van der Waals surface area contributed by atoms with Gasteiger partial charge in [-0.1, -0.05) is 30.3 Å². The van der Waals surface area contributed by atoms with E-state index in [9.17, 15) is 13.2 Å². The van der Waals surface area contributed by atoms with Crippen molar-refractivity contribution in [3.63, 3.8) is 0 Å². The topological polar surface area (TPSA) is 89.7 Å². The highest BCUT2D eigenvalue weighted by Gasteiger charge is 2.25. The molecule has 1 aromatic rings. The largest absolute Gasteiger partial charge is 0.468 e. The maximum atomic E-state index is 12.1. The molecule has 1 rings (SSSR count). The van der Waals surface area contributed by atoms with Crippen molar-refractivity contribution < 1.29 is 17.9 Å². The van der Waals surface area contributed by atoms with Crippen molar-refractivity contribution in [3.8, 4) is 0 Å². The monoisotopic (exact) mass is 286 g/mol. The van der Waals surface area contributed by atoms with Gasteiger partial charge in [0, 0.05) is 19.6 Å². The minimum atomic E-state index is -3.72. The highest BCUT2D eigenvalue weighted by Crippen LogP contribution is 2.09. The van der Waals surface area contributed by atoms with Gasteiger partial charge in [0.2, 0.25) is 10.0 Å². The fourth-order valence-corrected chi connectivity index (χ4v) is 2.87. The van der Waals surface area contributed by atoms with Crippen molar-refractivity contribution in [2.75, 3.05) is 26.0 Å². The number of methoxy groups -OCH3 is 1. The Kier molecular flexibility index (Phi) is 5.94. The molecule has 0 aromatic heterocycles. The van der Waals surface area contributed by atoms with Crippen LogP contribution in [0.1, 0.15) is 5.56 Å². The molecule has 0 bridgehead atoms. The van der Waals surface area contributed by atoms with E-state index in [-0.39, 0.29) is 19.6 Å². The number of nitrogens with zero attached hydrogens (tertiary/aromatic N) is 1. The summed E-state index contributed by atoms with van der Waals surface area (Å²) in [4.78, 5) is 11.1. The van der Waals surface area contributed by atoms with E-state index in [0.29, 0.717) is 0 Å². The molecule has 0 atom stereocenters. The fraction of sp³-hybridized carbons (Fsp3) is 0.417. The molecular weight excluding hydrogens is 268 g/mol. The van der Waals surface area contributed by atoms with Crippen LogP contribution in [0.4, 0.5) is 0 Å². The molecule has 0 saturated carbocycles. The average molecular weight is 286 g/mol. The minimum absolute atomic E-state index is 0.161. The summed E-state index contributed by atoms with van der Waals surface area (Å²) in [6.07, 6.45) is 0. The van der Waals surface area contributed by atoms with Gasteiger partial charge in [0.15, 0.2) is 5.75 Å². The number of rotatable bonds is 7. The first-order chi connectivity index (χ1) is 8.99. The first-order valence-corrected chi connectivity index (χ1v) is 7.39. The summed E-state index contributed by atoms with van der Waals surface area (Å²) in [6, 6.07) is 9.12. The van der Waals surface area contributed by atoms with E-state index in [1.165, 1.54) is 4.31 Å². The number of ether oxygens (including phenoxy) is 1. The Bertz CT molecular complexity index is 502. The molecule has 0 aliphatic carbocycles. The van der Waals surface area contributed by atoms with Crippen LogP contribution < -0.4 is 5.73 Å². The molecule has 2 N–H and O–H groups in total. The van der Waals surface area contributed by atoms with Crippen LogP contribution in [0.25, 0.3) is 0 Å². The van der Waals surface area contributed by atoms with Crippen molar-refractivity contribution in [2.45, 2.75) is 6.54 Å². The molecule has 0 spiro atoms. The predicted molar refractivity (Wildman–Crippen MR) is 71.7 cm³/mol. The summed E-state index contributed by atoms with van der Waals surface area (Å²) in [6.45, 7) is 0.541. The van der Waals surface area contributed by atoms with Crippen molar-refractivity contribution in [2.24, 2.45) is 5.73 Å². The van der Waals surface area contributed by atoms with Crippen molar-refractivity contribution in [1.29, 1.82) is 0 Å². The molecule has 106 valence electrons. The van der Waals surface area contributed by atoms with Crippen LogP contribution in [0.2, 0.25) is 0 Å². The smallest absolute Gasteiger partial charge is 0.322 e. The number of hydrogen-bond acceptors (Lipinski definition) is 5. The van der Waals surface area contributed by atoms with Crippen LogP contribution in [0, 0.1) is 0 Å². The Morgan fingerprint density at radius 2 is 1.95 bits per heavy atom. The second kappa shape index (κ2) is 7.22. The fourth-order valence-electron chi connectivity index (χ4n) is 1.55. The number of carbonyl (C=O) groups is 1. The standard InChI is InChI=1S/C12H18N2O4S/c1-18-12(15)10-19(16,17)14(8-7-13)9-11-5-3-2-4-6-11/h2-6H,7-10,13H2,1H3. The van der Waals surface area contributed by atoms with E-state index in [4.69, 9.17) is 5.73 Å². The van der Waals surface area contributed by atoms with Gasteiger partial charge >= 0.3 is 5.97 Å². The summed E-state index contributed by atoms with van der Waals surface area (Å²) >= 11 is 0. The highest BCUT2D eigenvalue weighted by atomic mass is 32.2. The van der Waals surface area contributed by atoms with Crippen LogP contribution >= 0.6 is 0 Å². The number of benzene rings is 1. The average Bonchev–Trinajstić information content (AvgIpc) is 2.39. The zero-order valence-corrected chi connectivity index (χ0v) is 11.6. The molecule has 0 unspecified atom stereocenters. The molecule has 7 heteroatoms. The molecule has 0 fully saturated rings. The molecule has 0 amide bonds. The van der Waals surface area contributed by atoms with Gasteiger partial charge in [-0.05, 0) is 5.56 Å². The van der Waals surface area contributed by atoms with Crippen LogP contribution in [-0.2, 0) is 26.1 Å². The van der Waals surface area contributed by atoms with Gasteiger partial charge in [0.05, 0.1) is 7.11 Å². The molecule has 0 radical (unpaired) electrons. The first kappa shape index (κ1) is 15.6. The Hall–Kier alpha value is -1.44. The van der Waals surface area contributed by atoms with E-state index in [2.05, 4.69) is 4.74 Å². The number of esters is 1. The first-order valence-electron chi connectivity index (χ1n) is 5.78. The Morgan fingerprint density at radius 3 is 2.47 bits per heavy atom. The van der Waals surface area contributed by atoms with Crippen molar-refractivity contribution >= 4 is 16.0 Å². The zero-order valence-electron chi connectivity index (χ0n) is 10.8. The van der Waals surface area contributed by atoms with E-state index in [0.717, 1.165) is 12.7 Å². The van der Waals surface area contributed by atoms with E-state index in [1.807, 2.05) is 30.3 Å². The van der Waals surface area contributed by atoms with Gasteiger partial charge in [0.25, 0.3) is 0 Å². The molecule has 1 aromatic carbocycles. The lowest BCUT2D eigenvalue weighted by molar-refractivity contribution is -0.137. The molecule has 0 saturated heterocycles. The number of sulfonamides is 1. The van der Waals surface area contributed by atoms with Gasteiger partial charge in [0.1, 0.15) is 0 Å². The van der Waals surface area contributed by atoms with Crippen LogP contribution in [0.15, 0.2) is 30.3 Å². The Labute approximate surface area is 113 Å². The van der Waals surface area contributed by atoms with Gasteiger partial charge in [-0.15, -0.1) is 0 Å². The van der Waals surface area contributed by atoms with Gasteiger partial charge in [-0.2, -0.15) is 4.31 Å². The number of hydrogen-bond donors (Lipinski definition) is 1. The van der Waals surface area contributed by atoms with Gasteiger partial charge in [-0.3, -0.25) is 4.79 Å². The maximum absolute atomic E-state index is 12.1. The molecule has 0 aliphatic rings. The third-order valence-corrected chi connectivity index (χ3v) is 4.20. The highest BCUT2D eigenvalue weighted by molar-refractivity contribution is 7.89. The molecular formula is C12H18N2O4S. The van der Waals surface area contributed by atoms with E-state index >= 15 is 0 Å². The lowest BCUT2D eigenvalue weighted by atomic mass is 10.2. The zero-order chi connectivity index (χ0) is 14.3.